The molecule has 0 aliphatic rings. The van der Waals surface area contributed by atoms with Crippen molar-refractivity contribution in [3.63, 3.8) is 0 Å². The van der Waals surface area contributed by atoms with Crippen LogP contribution in [0.2, 0.25) is 0 Å². The first-order chi connectivity index (χ1) is 13.3. The fourth-order valence-electron chi connectivity index (χ4n) is 2.28. The van der Waals surface area contributed by atoms with Crippen LogP contribution in [0.3, 0.4) is 0 Å². The molecule has 0 saturated heterocycles. The zero-order chi connectivity index (χ0) is 20.6. The molecule has 0 unspecified atom stereocenters. The molecule has 150 valence electrons. The third-order valence-corrected chi connectivity index (χ3v) is 5.12. The van der Waals surface area contributed by atoms with E-state index in [4.69, 9.17) is 5.73 Å². The number of amides is 2. The predicted molar refractivity (Wildman–Crippen MR) is 104 cm³/mol. The summed E-state index contributed by atoms with van der Waals surface area (Å²) >= 11 is 0. The summed E-state index contributed by atoms with van der Waals surface area (Å²) in [6, 6.07) is 11.4. The van der Waals surface area contributed by atoms with E-state index in [0.29, 0.717) is 25.2 Å². The fraction of sp³-hybridized carbons (Fsp3) is 0.222. The maximum atomic E-state index is 12.6. The molecular weight excluding hydrogens is 384 g/mol. The van der Waals surface area contributed by atoms with Gasteiger partial charge in [-0.1, -0.05) is 12.1 Å². The Morgan fingerprint density at radius 2 is 1.71 bits per heavy atom. The monoisotopic (exact) mass is 406 g/mol. The molecule has 9 nitrogen and oxygen atoms in total. The van der Waals surface area contributed by atoms with Crippen molar-refractivity contribution in [3.05, 3.63) is 54.1 Å². The minimum Gasteiger partial charge on any atom is -0.508 e. The van der Waals surface area contributed by atoms with Crippen molar-refractivity contribution >= 4 is 27.5 Å². The van der Waals surface area contributed by atoms with Gasteiger partial charge in [0.2, 0.25) is 15.9 Å². The number of hydrogen-bond acceptors (Lipinski definition) is 6. The lowest BCUT2D eigenvalue weighted by Gasteiger charge is -2.12. The lowest BCUT2D eigenvalue weighted by molar-refractivity contribution is -0.115. The molecule has 6 N–H and O–H groups in total. The maximum absolute atomic E-state index is 12.6. The van der Waals surface area contributed by atoms with E-state index in [-0.39, 0.29) is 16.2 Å². The summed E-state index contributed by atoms with van der Waals surface area (Å²) < 4.78 is 27.3. The molecule has 0 spiro atoms. The van der Waals surface area contributed by atoms with Gasteiger partial charge in [0.25, 0.3) is 5.91 Å². The molecule has 0 atom stereocenters. The lowest BCUT2D eigenvalue weighted by Crippen LogP contribution is -2.34. The van der Waals surface area contributed by atoms with Crippen LogP contribution >= 0.6 is 0 Å². The van der Waals surface area contributed by atoms with Crippen LogP contribution in [0.5, 0.6) is 5.75 Å². The highest BCUT2D eigenvalue weighted by atomic mass is 32.2. The Bertz CT molecular complexity index is 929. The van der Waals surface area contributed by atoms with Gasteiger partial charge in [-0.3, -0.25) is 9.59 Å². The van der Waals surface area contributed by atoms with E-state index in [9.17, 15) is 23.1 Å². The van der Waals surface area contributed by atoms with Crippen molar-refractivity contribution in [2.24, 2.45) is 5.73 Å². The number of anilines is 1. The summed E-state index contributed by atoms with van der Waals surface area (Å²) in [5.74, 6) is -1.10. The van der Waals surface area contributed by atoms with Crippen LogP contribution in [0.25, 0.3) is 0 Å². The Morgan fingerprint density at radius 3 is 2.39 bits per heavy atom. The smallest absolute Gasteiger partial charge is 0.252 e. The van der Waals surface area contributed by atoms with E-state index in [2.05, 4.69) is 15.4 Å². The first-order valence-corrected chi connectivity index (χ1v) is 9.97. The van der Waals surface area contributed by atoms with Gasteiger partial charge >= 0.3 is 0 Å². The van der Waals surface area contributed by atoms with Crippen LogP contribution in [-0.4, -0.2) is 45.0 Å². The molecule has 0 fully saturated rings. The molecule has 2 amide bonds. The van der Waals surface area contributed by atoms with Crippen molar-refractivity contribution < 1.29 is 23.1 Å². The molecule has 10 heteroatoms. The number of nitrogens with one attached hydrogen (secondary N) is 3. The zero-order valence-electron chi connectivity index (χ0n) is 15.0. The number of nitrogens with two attached hydrogens (primary N) is 1. The molecule has 2 aromatic rings. The van der Waals surface area contributed by atoms with Gasteiger partial charge in [0, 0.05) is 12.2 Å². The Morgan fingerprint density at radius 1 is 1.04 bits per heavy atom. The molecule has 0 heterocycles. The molecule has 0 saturated carbocycles. The van der Waals surface area contributed by atoms with Crippen LogP contribution in [0, 0.1) is 0 Å². The van der Waals surface area contributed by atoms with E-state index in [1.165, 1.54) is 42.5 Å². The number of rotatable bonds is 9. The third kappa shape index (κ3) is 6.05. The van der Waals surface area contributed by atoms with Crippen LogP contribution in [-0.2, 0) is 14.8 Å². The zero-order valence-corrected chi connectivity index (χ0v) is 15.8. The highest BCUT2D eigenvalue weighted by Crippen LogP contribution is 2.16. The van der Waals surface area contributed by atoms with Gasteiger partial charge in [0.1, 0.15) is 5.75 Å². The summed E-state index contributed by atoms with van der Waals surface area (Å²) in [5.41, 5.74) is 5.76. The fourth-order valence-corrected chi connectivity index (χ4v) is 3.46. The first kappa shape index (κ1) is 21.4. The Labute approximate surface area is 163 Å². The number of sulfonamides is 1. The second kappa shape index (κ2) is 9.83. The molecular formula is C18H22N4O5S. The molecule has 28 heavy (non-hydrogen) atoms. The van der Waals surface area contributed by atoms with Gasteiger partial charge in [0.05, 0.1) is 17.0 Å². The van der Waals surface area contributed by atoms with E-state index in [1.807, 2.05) is 0 Å². The molecule has 0 radical (unpaired) electrons. The molecule has 2 rings (SSSR count). The van der Waals surface area contributed by atoms with Crippen molar-refractivity contribution in [3.8, 4) is 5.75 Å². The largest absolute Gasteiger partial charge is 0.508 e. The predicted octanol–water partition coefficient (Wildman–Crippen LogP) is 0.388. The Hall–Kier alpha value is -2.95. The van der Waals surface area contributed by atoms with Crippen LogP contribution in [0.4, 0.5) is 5.69 Å². The topological polar surface area (TPSA) is 151 Å². The maximum Gasteiger partial charge on any atom is 0.252 e. The van der Waals surface area contributed by atoms with Crippen LogP contribution in [0.1, 0.15) is 16.8 Å². The second-order valence-electron chi connectivity index (χ2n) is 5.81. The number of phenols is 1. The number of hydrogen-bond donors (Lipinski definition) is 5. The number of carbonyl (C=O) groups is 2. The van der Waals surface area contributed by atoms with Gasteiger partial charge in [-0.2, -0.15) is 0 Å². The van der Waals surface area contributed by atoms with Gasteiger partial charge in [0.15, 0.2) is 0 Å². The summed E-state index contributed by atoms with van der Waals surface area (Å²) in [7, 11) is -4.10. The van der Waals surface area contributed by atoms with E-state index in [0.717, 1.165) is 0 Å². The van der Waals surface area contributed by atoms with Crippen molar-refractivity contribution in [1.82, 2.24) is 10.0 Å². The van der Waals surface area contributed by atoms with E-state index >= 15 is 0 Å². The number of carbonyl (C=O) groups excluding carboxylic acids is 2. The first-order valence-electron chi connectivity index (χ1n) is 8.49. The van der Waals surface area contributed by atoms with Crippen molar-refractivity contribution in [2.45, 2.75) is 11.3 Å². The highest BCUT2D eigenvalue weighted by molar-refractivity contribution is 7.89. The van der Waals surface area contributed by atoms with E-state index in [1.54, 1.807) is 6.07 Å². The quantitative estimate of drug-likeness (QED) is 0.300. The molecule has 0 aliphatic carbocycles. The molecule has 0 aromatic heterocycles. The normalized spacial score (nSPS) is 11.0. The third-order valence-electron chi connectivity index (χ3n) is 3.66. The summed E-state index contributed by atoms with van der Waals surface area (Å²) in [6.45, 7) is 0.205. The number of benzene rings is 2. The standard InChI is InChI=1S/C18H22N4O5S/c19-10-3-11-20-18(25)15-4-1-2-5-16(15)28(26,27)21-12-17(24)22-13-6-8-14(23)9-7-13/h1-2,4-9,21,23H,3,10-12,19H2,(H,20,25)(H,22,24). The van der Waals surface area contributed by atoms with Crippen LogP contribution < -0.4 is 21.1 Å². The van der Waals surface area contributed by atoms with Crippen molar-refractivity contribution in [1.29, 1.82) is 0 Å². The SMILES string of the molecule is NCCCNC(=O)c1ccccc1S(=O)(=O)NCC(=O)Nc1ccc(O)cc1. The minimum atomic E-state index is -4.10. The number of phenolic OH excluding ortho intramolecular Hbond substituents is 1. The Kier molecular flexibility index (Phi) is 7.50. The van der Waals surface area contributed by atoms with Gasteiger partial charge in [-0.25, -0.2) is 13.1 Å². The average Bonchev–Trinajstić information content (AvgIpc) is 2.68. The average molecular weight is 406 g/mol. The molecule has 2 aromatic carbocycles. The number of aromatic hydroxyl groups is 1. The van der Waals surface area contributed by atoms with Gasteiger partial charge < -0.3 is 21.5 Å². The van der Waals surface area contributed by atoms with Gasteiger partial charge in [-0.15, -0.1) is 0 Å². The second-order valence-corrected chi connectivity index (χ2v) is 7.55. The summed E-state index contributed by atoms with van der Waals surface area (Å²) in [5, 5.41) is 14.3. The van der Waals surface area contributed by atoms with Crippen LogP contribution in [0.15, 0.2) is 53.4 Å². The van der Waals surface area contributed by atoms with Crippen molar-refractivity contribution in [2.75, 3.05) is 25.0 Å². The van der Waals surface area contributed by atoms with E-state index < -0.39 is 28.4 Å². The highest BCUT2D eigenvalue weighted by Gasteiger charge is 2.22. The summed E-state index contributed by atoms with van der Waals surface area (Å²) in [6.07, 6.45) is 0.566. The molecule has 0 aliphatic heterocycles. The van der Waals surface area contributed by atoms with Gasteiger partial charge in [-0.05, 0) is 49.4 Å². The minimum absolute atomic E-state index is 0.0223. The summed E-state index contributed by atoms with van der Waals surface area (Å²) in [4.78, 5) is 24.0. The molecule has 0 bridgehead atoms. The Balaban J connectivity index is 2.05. The lowest BCUT2D eigenvalue weighted by atomic mass is 10.2.